The number of nitrogens with zero attached hydrogens (tertiary/aromatic N) is 3. The van der Waals surface area contributed by atoms with E-state index in [4.69, 9.17) is 4.74 Å². The Morgan fingerprint density at radius 3 is 3.00 bits per heavy atom. The first-order valence-electron chi connectivity index (χ1n) is 6.11. The van der Waals surface area contributed by atoms with Gasteiger partial charge in [-0.2, -0.15) is 0 Å². The molecule has 0 aromatic carbocycles. The number of hydrogen-bond acceptors (Lipinski definition) is 4. The Labute approximate surface area is 114 Å². The van der Waals surface area contributed by atoms with E-state index in [2.05, 4.69) is 4.98 Å². The number of pyridine rings is 1. The lowest BCUT2D eigenvalue weighted by Crippen LogP contribution is -2.50. The first-order chi connectivity index (χ1) is 9.58. The number of hydrogen-bond donors (Lipinski definition) is 1. The summed E-state index contributed by atoms with van der Waals surface area (Å²) in [6.07, 6.45) is 2.42. The topological polar surface area (TPSA) is 84.1 Å². The van der Waals surface area contributed by atoms with Crippen molar-refractivity contribution in [2.75, 3.05) is 13.7 Å². The lowest BCUT2D eigenvalue weighted by Gasteiger charge is -2.35. The molecule has 2 unspecified atom stereocenters. The van der Waals surface area contributed by atoms with Gasteiger partial charge in [-0.1, -0.05) is 6.07 Å². The molecule has 0 bridgehead atoms. The standard InChI is InChI=1S/C13H13N3O4/c1-15-10(17)7-20-12(13(18)19)11(15)8-6-16-5-3-2-4-9(16)14-8/h2-6,11-12H,7H2,1H3,(H,18,19). The molecule has 0 spiro atoms. The molecule has 3 rings (SSSR count). The predicted octanol–water partition coefficient (Wildman–Crippen LogP) is 0.317. The Balaban J connectivity index is 2.07. The predicted molar refractivity (Wildman–Crippen MR) is 68.1 cm³/mol. The van der Waals surface area contributed by atoms with Crippen LogP contribution in [0.1, 0.15) is 11.7 Å². The number of likely N-dealkylation sites (N-methyl/N-ethyl adjacent to an activating group) is 1. The van der Waals surface area contributed by atoms with E-state index in [0.29, 0.717) is 11.3 Å². The van der Waals surface area contributed by atoms with Crippen molar-refractivity contribution in [3.05, 3.63) is 36.3 Å². The molecule has 1 amide bonds. The normalized spacial score (nSPS) is 23.2. The maximum atomic E-state index is 11.7. The highest BCUT2D eigenvalue weighted by atomic mass is 16.5. The highest BCUT2D eigenvalue weighted by molar-refractivity contribution is 5.82. The van der Waals surface area contributed by atoms with Crippen LogP contribution in [0.4, 0.5) is 0 Å². The molecule has 1 aliphatic heterocycles. The van der Waals surface area contributed by atoms with Gasteiger partial charge >= 0.3 is 5.97 Å². The molecular weight excluding hydrogens is 262 g/mol. The van der Waals surface area contributed by atoms with Gasteiger partial charge in [0.2, 0.25) is 5.91 Å². The number of imidazole rings is 1. The summed E-state index contributed by atoms with van der Waals surface area (Å²) in [6, 6.07) is 4.77. The summed E-state index contributed by atoms with van der Waals surface area (Å²) in [6.45, 7) is -0.225. The van der Waals surface area contributed by atoms with Crippen LogP contribution in [0.5, 0.6) is 0 Å². The molecule has 2 aromatic rings. The fourth-order valence-electron chi connectivity index (χ4n) is 2.37. The van der Waals surface area contributed by atoms with Gasteiger partial charge in [-0.25, -0.2) is 9.78 Å². The first-order valence-corrected chi connectivity index (χ1v) is 6.11. The molecule has 1 N–H and O–H groups in total. The molecule has 1 saturated heterocycles. The second-order valence-electron chi connectivity index (χ2n) is 4.65. The lowest BCUT2D eigenvalue weighted by atomic mass is 10.0. The van der Waals surface area contributed by atoms with E-state index in [1.807, 2.05) is 24.4 Å². The molecule has 0 aliphatic carbocycles. The fraction of sp³-hybridized carbons (Fsp3) is 0.308. The third kappa shape index (κ3) is 1.92. The Kier molecular flexibility index (Phi) is 2.90. The summed E-state index contributed by atoms with van der Waals surface area (Å²) >= 11 is 0. The van der Waals surface area contributed by atoms with Crippen LogP contribution in [0.2, 0.25) is 0 Å². The molecule has 2 aromatic heterocycles. The number of morpholine rings is 1. The van der Waals surface area contributed by atoms with Crippen LogP contribution in [0.15, 0.2) is 30.6 Å². The van der Waals surface area contributed by atoms with Crippen molar-refractivity contribution < 1.29 is 19.4 Å². The summed E-state index contributed by atoms with van der Waals surface area (Å²) in [4.78, 5) is 28.8. The summed E-state index contributed by atoms with van der Waals surface area (Å²) < 4.78 is 6.92. The second kappa shape index (κ2) is 4.61. The zero-order chi connectivity index (χ0) is 14.3. The van der Waals surface area contributed by atoms with Crippen molar-refractivity contribution in [1.29, 1.82) is 0 Å². The molecule has 0 saturated carbocycles. The van der Waals surface area contributed by atoms with Gasteiger partial charge in [0.05, 0.1) is 5.69 Å². The van der Waals surface area contributed by atoms with Crippen LogP contribution >= 0.6 is 0 Å². The number of carbonyl (C=O) groups is 2. The van der Waals surface area contributed by atoms with E-state index >= 15 is 0 Å². The molecule has 7 nitrogen and oxygen atoms in total. The van der Waals surface area contributed by atoms with Crippen molar-refractivity contribution in [3.63, 3.8) is 0 Å². The van der Waals surface area contributed by atoms with Crippen LogP contribution < -0.4 is 0 Å². The van der Waals surface area contributed by atoms with E-state index in [-0.39, 0.29) is 12.5 Å². The minimum absolute atomic E-state index is 0.225. The van der Waals surface area contributed by atoms with Gasteiger partial charge in [-0.15, -0.1) is 0 Å². The Morgan fingerprint density at radius 2 is 2.30 bits per heavy atom. The van der Waals surface area contributed by atoms with E-state index in [0.717, 1.165) is 0 Å². The van der Waals surface area contributed by atoms with Crippen molar-refractivity contribution in [3.8, 4) is 0 Å². The second-order valence-corrected chi connectivity index (χ2v) is 4.65. The van der Waals surface area contributed by atoms with Crippen LogP contribution in [0, 0.1) is 0 Å². The molecular formula is C13H13N3O4. The average molecular weight is 275 g/mol. The van der Waals surface area contributed by atoms with Crippen molar-refractivity contribution >= 4 is 17.5 Å². The summed E-state index contributed by atoms with van der Waals surface area (Å²) in [5.74, 6) is -1.36. The zero-order valence-corrected chi connectivity index (χ0v) is 10.8. The fourth-order valence-corrected chi connectivity index (χ4v) is 2.37. The Morgan fingerprint density at radius 1 is 1.50 bits per heavy atom. The lowest BCUT2D eigenvalue weighted by molar-refractivity contribution is -0.171. The van der Waals surface area contributed by atoms with Gasteiger partial charge in [-0.3, -0.25) is 4.79 Å². The summed E-state index contributed by atoms with van der Waals surface area (Å²) in [5.41, 5.74) is 1.19. The Hall–Kier alpha value is -2.41. The number of aliphatic carboxylic acids is 1. The largest absolute Gasteiger partial charge is 0.479 e. The maximum Gasteiger partial charge on any atom is 0.335 e. The van der Waals surface area contributed by atoms with E-state index < -0.39 is 18.1 Å². The summed E-state index contributed by atoms with van der Waals surface area (Å²) in [5, 5.41) is 9.25. The summed E-state index contributed by atoms with van der Waals surface area (Å²) in [7, 11) is 1.56. The van der Waals surface area contributed by atoms with Gasteiger partial charge in [0.15, 0.2) is 6.10 Å². The smallest absolute Gasteiger partial charge is 0.335 e. The van der Waals surface area contributed by atoms with Gasteiger partial charge in [0.1, 0.15) is 18.3 Å². The molecule has 0 radical (unpaired) electrons. The minimum Gasteiger partial charge on any atom is -0.479 e. The van der Waals surface area contributed by atoms with Crippen molar-refractivity contribution in [2.24, 2.45) is 0 Å². The first kappa shape index (κ1) is 12.6. The van der Waals surface area contributed by atoms with E-state index in [1.54, 1.807) is 17.6 Å². The third-order valence-electron chi connectivity index (χ3n) is 3.41. The van der Waals surface area contributed by atoms with Crippen LogP contribution in [0.3, 0.4) is 0 Å². The van der Waals surface area contributed by atoms with Gasteiger partial charge in [0, 0.05) is 19.4 Å². The highest BCUT2D eigenvalue weighted by Gasteiger charge is 2.41. The molecule has 104 valence electrons. The number of amides is 1. The number of carbonyl (C=O) groups excluding carboxylic acids is 1. The highest BCUT2D eigenvalue weighted by Crippen LogP contribution is 2.28. The SMILES string of the molecule is CN1C(=O)COC(C(=O)O)C1c1cn2ccccc2n1. The molecule has 3 heterocycles. The Bertz CT molecular complexity index is 648. The number of carboxylic acids is 1. The van der Waals surface area contributed by atoms with E-state index in [1.165, 1.54) is 4.90 Å². The molecule has 1 aliphatic rings. The number of carboxylic acid groups (broad SMARTS) is 1. The number of ether oxygens (including phenoxy) is 1. The molecule has 1 fully saturated rings. The maximum absolute atomic E-state index is 11.7. The quantitative estimate of drug-likeness (QED) is 0.853. The van der Waals surface area contributed by atoms with Crippen molar-refractivity contribution in [2.45, 2.75) is 12.1 Å². The number of rotatable bonds is 2. The van der Waals surface area contributed by atoms with Crippen LogP contribution in [-0.2, 0) is 14.3 Å². The van der Waals surface area contributed by atoms with Gasteiger partial charge in [-0.05, 0) is 12.1 Å². The van der Waals surface area contributed by atoms with E-state index in [9.17, 15) is 14.7 Å². The van der Waals surface area contributed by atoms with Gasteiger partial charge in [0.25, 0.3) is 0 Å². The zero-order valence-electron chi connectivity index (χ0n) is 10.8. The monoisotopic (exact) mass is 275 g/mol. The third-order valence-corrected chi connectivity index (χ3v) is 3.41. The number of fused-ring (bicyclic) bond motifs is 1. The minimum atomic E-state index is -1.11. The van der Waals surface area contributed by atoms with Gasteiger partial charge < -0.3 is 19.1 Å². The molecule has 7 heteroatoms. The molecule has 2 atom stereocenters. The van der Waals surface area contributed by atoms with Crippen LogP contribution in [-0.4, -0.2) is 51.0 Å². The molecule has 20 heavy (non-hydrogen) atoms. The number of aromatic nitrogens is 2. The van der Waals surface area contributed by atoms with Crippen LogP contribution in [0.25, 0.3) is 5.65 Å². The average Bonchev–Trinajstić information content (AvgIpc) is 2.84. The van der Waals surface area contributed by atoms with Crippen molar-refractivity contribution in [1.82, 2.24) is 14.3 Å².